The first-order valence-electron chi connectivity index (χ1n) is 6.83. The van der Waals surface area contributed by atoms with Gasteiger partial charge in [0.05, 0.1) is 20.3 Å². The Hall–Kier alpha value is -1.82. The topological polar surface area (TPSA) is 73.6 Å². The molecule has 0 aromatic heterocycles. The van der Waals surface area contributed by atoms with E-state index in [0.29, 0.717) is 30.0 Å². The number of rotatable bonds is 7. The van der Waals surface area contributed by atoms with Crippen molar-refractivity contribution in [2.24, 2.45) is 11.7 Å². The van der Waals surface area contributed by atoms with Crippen molar-refractivity contribution in [2.75, 3.05) is 20.8 Å². The maximum Gasteiger partial charge on any atom is 0.220 e. The van der Waals surface area contributed by atoms with Crippen LogP contribution in [0, 0.1) is 11.7 Å². The monoisotopic (exact) mass is 298 g/mol. The van der Waals surface area contributed by atoms with Gasteiger partial charge in [-0.2, -0.15) is 0 Å². The third-order valence-corrected chi connectivity index (χ3v) is 3.28. The second-order valence-electron chi connectivity index (χ2n) is 5.06. The highest BCUT2D eigenvalue weighted by atomic mass is 19.1. The lowest BCUT2D eigenvalue weighted by Gasteiger charge is -2.18. The summed E-state index contributed by atoms with van der Waals surface area (Å²) in [6.45, 7) is 4.04. The second-order valence-corrected chi connectivity index (χ2v) is 5.06. The lowest BCUT2D eigenvalue weighted by molar-refractivity contribution is -0.122. The molecule has 0 saturated heterocycles. The van der Waals surface area contributed by atoms with Crippen LogP contribution in [0.15, 0.2) is 12.1 Å². The van der Waals surface area contributed by atoms with Crippen molar-refractivity contribution in [1.82, 2.24) is 5.32 Å². The van der Waals surface area contributed by atoms with Gasteiger partial charge in [0.15, 0.2) is 11.5 Å². The van der Waals surface area contributed by atoms with E-state index in [1.807, 2.05) is 6.92 Å². The highest BCUT2D eigenvalue weighted by Crippen LogP contribution is 2.32. The fraction of sp³-hybridized carbons (Fsp3) is 0.533. The summed E-state index contributed by atoms with van der Waals surface area (Å²) in [6, 6.07) is 2.31. The van der Waals surface area contributed by atoms with Crippen molar-refractivity contribution in [2.45, 2.75) is 26.3 Å². The Morgan fingerprint density at radius 1 is 1.29 bits per heavy atom. The average Bonchev–Trinajstić information content (AvgIpc) is 2.46. The van der Waals surface area contributed by atoms with Crippen LogP contribution in [0.3, 0.4) is 0 Å². The number of nitrogens with two attached hydrogens (primary N) is 1. The predicted octanol–water partition coefficient (Wildman–Crippen LogP) is 2.00. The number of halogens is 1. The molecular weight excluding hydrogens is 275 g/mol. The molecule has 2 unspecified atom stereocenters. The maximum absolute atomic E-state index is 14.1. The summed E-state index contributed by atoms with van der Waals surface area (Å²) in [5.41, 5.74) is 5.83. The molecule has 0 aliphatic heterocycles. The molecular formula is C15H23FN2O3. The normalized spacial score (nSPS) is 13.4. The van der Waals surface area contributed by atoms with Crippen molar-refractivity contribution in [3.63, 3.8) is 0 Å². The zero-order valence-electron chi connectivity index (χ0n) is 12.9. The summed E-state index contributed by atoms with van der Waals surface area (Å²) in [5, 5.41) is 2.76. The van der Waals surface area contributed by atoms with Gasteiger partial charge in [-0.25, -0.2) is 4.39 Å². The number of carbonyl (C=O) groups is 1. The SMILES string of the molecule is COc1cc(F)c(C(C)NC(=O)CC(C)CN)cc1OC. The highest BCUT2D eigenvalue weighted by Gasteiger charge is 2.18. The maximum atomic E-state index is 14.1. The molecule has 0 aliphatic carbocycles. The van der Waals surface area contributed by atoms with Crippen molar-refractivity contribution < 1.29 is 18.7 Å². The molecule has 0 bridgehead atoms. The number of nitrogens with one attached hydrogen (secondary N) is 1. The molecule has 3 N–H and O–H groups in total. The van der Waals surface area contributed by atoms with Gasteiger partial charge in [0.1, 0.15) is 5.82 Å². The van der Waals surface area contributed by atoms with Gasteiger partial charge in [0.2, 0.25) is 5.91 Å². The van der Waals surface area contributed by atoms with E-state index in [2.05, 4.69) is 5.32 Å². The zero-order chi connectivity index (χ0) is 16.0. The first-order chi connectivity index (χ1) is 9.92. The summed E-state index contributed by atoms with van der Waals surface area (Å²) in [4.78, 5) is 11.8. The standard InChI is InChI=1S/C15H23FN2O3/c1-9(8-17)5-15(19)18-10(2)11-6-13(20-3)14(21-4)7-12(11)16/h6-7,9-10H,5,8,17H2,1-4H3,(H,18,19). The number of hydrogen-bond donors (Lipinski definition) is 2. The molecule has 21 heavy (non-hydrogen) atoms. The number of amides is 1. The minimum atomic E-state index is -0.470. The van der Waals surface area contributed by atoms with Gasteiger partial charge in [0.25, 0.3) is 0 Å². The van der Waals surface area contributed by atoms with Crippen LogP contribution >= 0.6 is 0 Å². The van der Waals surface area contributed by atoms with Crippen molar-refractivity contribution in [3.8, 4) is 11.5 Å². The van der Waals surface area contributed by atoms with Crippen LogP contribution < -0.4 is 20.5 Å². The summed E-state index contributed by atoms with van der Waals surface area (Å²) < 4.78 is 24.3. The Kier molecular flexibility index (Phi) is 6.42. The molecule has 0 spiro atoms. The first-order valence-corrected chi connectivity index (χ1v) is 6.83. The molecule has 0 aliphatic rings. The molecule has 118 valence electrons. The Bertz CT molecular complexity index is 494. The third kappa shape index (κ3) is 4.60. The first kappa shape index (κ1) is 17.2. The van der Waals surface area contributed by atoms with Crippen LogP contribution in [0.1, 0.15) is 31.9 Å². The third-order valence-electron chi connectivity index (χ3n) is 3.28. The van der Waals surface area contributed by atoms with Gasteiger partial charge in [0, 0.05) is 18.1 Å². The van der Waals surface area contributed by atoms with Gasteiger partial charge < -0.3 is 20.5 Å². The molecule has 0 radical (unpaired) electrons. The van der Waals surface area contributed by atoms with E-state index in [-0.39, 0.29) is 11.8 Å². The summed E-state index contributed by atoms with van der Waals surface area (Å²) >= 11 is 0. The predicted molar refractivity (Wildman–Crippen MR) is 78.9 cm³/mol. The Morgan fingerprint density at radius 3 is 2.38 bits per heavy atom. The Balaban J connectivity index is 2.87. The quantitative estimate of drug-likeness (QED) is 0.807. The van der Waals surface area contributed by atoms with E-state index in [1.54, 1.807) is 6.92 Å². The van der Waals surface area contributed by atoms with Gasteiger partial charge in [-0.05, 0) is 25.5 Å². The molecule has 0 fully saturated rings. The number of carbonyl (C=O) groups excluding carboxylic acids is 1. The van der Waals surface area contributed by atoms with Crippen molar-refractivity contribution in [1.29, 1.82) is 0 Å². The lowest BCUT2D eigenvalue weighted by atomic mass is 10.0. The lowest BCUT2D eigenvalue weighted by Crippen LogP contribution is -2.30. The van der Waals surface area contributed by atoms with Gasteiger partial charge in [-0.3, -0.25) is 4.79 Å². The van der Waals surface area contributed by atoms with Crippen molar-refractivity contribution in [3.05, 3.63) is 23.5 Å². The van der Waals surface area contributed by atoms with E-state index in [4.69, 9.17) is 15.2 Å². The molecule has 1 aromatic carbocycles. The van der Waals surface area contributed by atoms with E-state index >= 15 is 0 Å². The Morgan fingerprint density at radius 2 is 1.86 bits per heavy atom. The molecule has 1 amide bonds. The van der Waals surface area contributed by atoms with Crippen LogP contribution in [-0.4, -0.2) is 26.7 Å². The highest BCUT2D eigenvalue weighted by molar-refractivity contribution is 5.76. The fourth-order valence-corrected chi connectivity index (χ4v) is 1.98. The summed E-state index contributed by atoms with van der Waals surface area (Å²) in [7, 11) is 2.92. The molecule has 0 heterocycles. The molecule has 1 rings (SSSR count). The van der Waals surface area contributed by atoms with Gasteiger partial charge in [-0.15, -0.1) is 0 Å². The largest absolute Gasteiger partial charge is 0.493 e. The van der Waals surface area contributed by atoms with E-state index < -0.39 is 11.9 Å². The molecule has 1 aromatic rings. The van der Waals surface area contributed by atoms with E-state index in [9.17, 15) is 9.18 Å². The number of methoxy groups -OCH3 is 2. The summed E-state index contributed by atoms with van der Waals surface area (Å²) in [6.07, 6.45) is 0.315. The molecule has 0 saturated carbocycles. The van der Waals surface area contributed by atoms with Crippen LogP contribution in [0.5, 0.6) is 11.5 Å². The average molecular weight is 298 g/mol. The molecule has 6 heteroatoms. The van der Waals surface area contributed by atoms with E-state index in [1.165, 1.54) is 26.4 Å². The van der Waals surface area contributed by atoms with Crippen LogP contribution in [0.25, 0.3) is 0 Å². The minimum absolute atomic E-state index is 0.0902. The van der Waals surface area contributed by atoms with Gasteiger partial charge in [-0.1, -0.05) is 6.92 Å². The van der Waals surface area contributed by atoms with Gasteiger partial charge >= 0.3 is 0 Å². The van der Waals surface area contributed by atoms with Crippen LogP contribution in [0.4, 0.5) is 4.39 Å². The van der Waals surface area contributed by atoms with Crippen LogP contribution in [0.2, 0.25) is 0 Å². The van der Waals surface area contributed by atoms with E-state index in [0.717, 1.165) is 0 Å². The second kappa shape index (κ2) is 7.83. The molecule has 2 atom stereocenters. The summed E-state index contributed by atoms with van der Waals surface area (Å²) in [5.74, 6) is 0.216. The zero-order valence-corrected chi connectivity index (χ0v) is 12.9. The Labute approximate surface area is 124 Å². The van der Waals surface area contributed by atoms with Crippen LogP contribution in [-0.2, 0) is 4.79 Å². The number of ether oxygens (including phenoxy) is 2. The molecule has 5 nitrogen and oxygen atoms in total. The minimum Gasteiger partial charge on any atom is -0.493 e. The number of hydrogen-bond acceptors (Lipinski definition) is 4. The van der Waals surface area contributed by atoms with Crippen molar-refractivity contribution >= 4 is 5.91 Å². The number of benzene rings is 1. The smallest absolute Gasteiger partial charge is 0.220 e. The fourth-order valence-electron chi connectivity index (χ4n) is 1.98.